The summed E-state index contributed by atoms with van der Waals surface area (Å²) in [7, 11) is 0. The quantitative estimate of drug-likeness (QED) is 0.0751. The molecule has 20 nitrogen and oxygen atoms in total. The van der Waals surface area contributed by atoms with E-state index in [1.165, 1.54) is 6.08 Å². The summed E-state index contributed by atoms with van der Waals surface area (Å²) in [5.74, 6) is -12.2. The van der Waals surface area contributed by atoms with Crippen LogP contribution in [0.2, 0.25) is 0 Å². The molecule has 0 amide bonds. The van der Waals surface area contributed by atoms with Crippen LogP contribution in [0.25, 0.3) is 5.32 Å². The van der Waals surface area contributed by atoms with Gasteiger partial charge in [-0.25, -0.2) is 0 Å². The van der Waals surface area contributed by atoms with Crippen molar-refractivity contribution in [3.8, 4) is 0 Å². The zero-order chi connectivity index (χ0) is 47.9. The molecule has 1 saturated heterocycles. The Balaban J connectivity index is 0.00000925. The van der Waals surface area contributed by atoms with E-state index in [4.69, 9.17) is 20.3 Å². The van der Waals surface area contributed by atoms with Crippen LogP contribution in [0.4, 0.5) is 0 Å². The number of rotatable bonds is 20. The molecular weight excluding hydrogens is 899 g/mol. The van der Waals surface area contributed by atoms with Gasteiger partial charge in [0.05, 0.1) is 31.2 Å². The zero-order valence-corrected chi connectivity index (χ0v) is 37.7. The largest absolute Gasteiger partial charge is 0.680 e. The van der Waals surface area contributed by atoms with Crippen molar-refractivity contribution >= 4 is 64.9 Å². The van der Waals surface area contributed by atoms with Crippen molar-refractivity contribution < 1.29 is 96.0 Å². The van der Waals surface area contributed by atoms with Crippen molar-refractivity contribution in [2.75, 3.05) is 0 Å². The molecule has 5 rings (SSSR count). The summed E-state index contributed by atoms with van der Waals surface area (Å²) in [6, 6.07) is -1.22. The van der Waals surface area contributed by atoms with Crippen LogP contribution in [0.1, 0.15) is 125 Å². The first-order chi connectivity index (χ1) is 29.6. The van der Waals surface area contributed by atoms with E-state index in [1.807, 2.05) is 0 Å². The van der Waals surface area contributed by atoms with E-state index >= 15 is 0 Å². The molecule has 8 atom stereocenters. The Kier molecular flexibility index (Phi) is 15.2. The molecule has 0 aromatic carbocycles. The molecule has 0 saturated carbocycles. The van der Waals surface area contributed by atoms with Crippen LogP contribution in [0.5, 0.6) is 0 Å². The van der Waals surface area contributed by atoms with Gasteiger partial charge in [-0.15, -0.1) is 0 Å². The third-order valence-electron chi connectivity index (χ3n) is 14.5. The van der Waals surface area contributed by atoms with Gasteiger partial charge in [0.25, 0.3) is 0 Å². The Morgan fingerprint density at radius 1 is 0.708 bits per heavy atom. The Morgan fingerprint density at radius 3 is 1.83 bits per heavy atom. The number of hydrogen-bond acceptors (Lipinski definition) is 11. The molecule has 8 bridgehead atoms. The molecule has 0 aromatic heterocycles. The first-order valence-electron chi connectivity index (χ1n) is 21.0. The summed E-state index contributed by atoms with van der Waals surface area (Å²) in [4.78, 5) is 115. The van der Waals surface area contributed by atoms with Crippen LogP contribution in [0.15, 0.2) is 49.2 Å². The molecule has 1 fully saturated rings. The molecule has 0 aromatic rings. The van der Waals surface area contributed by atoms with E-state index in [9.17, 15) is 79.2 Å². The summed E-state index contributed by atoms with van der Waals surface area (Å²) in [6.07, 6.45) is -4.20. The number of hydrogen-bond donors (Lipinski definition) is 8. The van der Waals surface area contributed by atoms with E-state index < -0.39 is 144 Å². The molecular formula is C44H55CoN4O16-. The Morgan fingerprint density at radius 2 is 1.29 bits per heavy atom. The predicted octanol–water partition coefficient (Wildman–Crippen LogP) is 5.46. The van der Waals surface area contributed by atoms with E-state index in [-0.39, 0.29) is 101 Å². The number of carboxylic acids is 8. The first-order valence-corrected chi connectivity index (χ1v) is 21.0. The van der Waals surface area contributed by atoms with Crippen molar-refractivity contribution in [3.63, 3.8) is 0 Å². The number of carboxylic acid groups (broad SMARTS) is 8. The number of nitrogens with zero attached hydrogens (tertiary/aromatic N) is 4. The van der Waals surface area contributed by atoms with Crippen LogP contribution >= 0.6 is 0 Å². The molecule has 65 heavy (non-hydrogen) atoms. The second-order valence-electron chi connectivity index (χ2n) is 18.7. The van der Waals surface area contributed by atoms with Crippen LogP contribution in [-0.4, -0.2) is 123 Å². The number of aliphatic carboxylic acids is 8. The summed E-state index contributed by atoms with van der Waals surface area (Å²) in [5, 5.41) is 86.6. The minimum Gasteiger partial charge on any atom is -0.680 e. The smallest absolute Gasteiger partial charge is 0.307 e. The summed E-state index contributed by atoms with van der Waals surface area (Å²) in [6.45, 7) is 7.98. The third kappa shape index (κ3) is 10.1. The summed E-state index contributed by atoms with van der Waals surface area (Å²) in [5.41, 5.74) is -6.18. The molecule has 0 unspecified atom stereocenters. The van der Waals surface area contributed by atoms with E-state index in [0.717, 1.165) is 0 Å². The monoisotopic (exact) mass is 954 g/mol. The van der Waals surface area contributed by atoms with E-state index in [2.05, 4.69) is 0 Å². The number of aliphatic imine (C=N–C) groups is 3. The fourth-order valence-corrected chi connectivity index (χ4v) is 11.1. The maximum absolute atomic E-state index is 13.0. The van der Waals surface area contributed by atoms with Crippen LogP contribution < -0.4 is 0 Å². The van der Waals surface area contributed by atoms with Gasteiger partial charge in [-0.05, 0) is 67.6 Å². The molecule has 0 aliphatic carbocycles. The number of allylic oxidation sites excluding steroid dienone is 4. The van der Waals surface area contributed by atoms with Crippen molar-refractivity contribution in [1.82, 2.24) is 0 Å². The Bertz CT molecular complexity index is 2280. The van der Waals surface area contributed by atoms with Crippen molar-refractivity contribution in [3.05, 3.63) is 39.5 Å². The Hall–Kier alpha value is -5.70. The van der Waals surface area contributed by atoms with Gasteiger partial charge < -0.3 is 46.2 Å². The maximum Gasteiger partial charge on any atom is 0.307 e. The average molecular weight is 955 g/mol. The number of carbonyl (C=O) groups is 8. The van der Waals surface area contributed by atoms with Gasteiger partial charge >= 0.3 is 47.8 Å². The minimum atomic E-state index is -1.69. The van der Waals surface area contributed by atoms with E-state index in [1.54, 1.807) is 34.6 Å². The molecule has 5 aliphatic heterocycles. The third-order valence-corrected chi connectivity index (χ3v) is 14.5. The first kappa shape index (κ1) is 51.9. The minimum absolute atomic E-state index is 0. The Labute approximate surface area is 384 Å². The van der Waals surface area contributed by atoms with Gasteiger partial charge in [-0.2, -0.15) is 5.70 Å². The number of fused-ring (bicyclic) bond motifs is 6. The molecule has 21 heteroatoms. The van der Waals surface area contributed by atoms with Crippen molar-refractivity contribution in [1.29, 1.82) is 0 Å². The zero-order valence-electron chi connectivity index (χ0n) is 36.7. The molecule has 357 valence electrons. The second-order valence-corrected chi connectivity index (χ2v) is 18.7. The van der Waals surface area contributed by atoms with Gasteiger partial charge in [0.1, 0.15) is 0 Å². The standard InChI is InChI=1S/C44H56N4O16.Co/c1-40(13-12-34(55)56)25(15-36(59)60)39-44(5)42(3,20-38(63)64)23(8-11-33(53)54)27(48-44)17-30-41(2,19-37(61)62)22(7-10-32(51)52)28(45-30)18-43(4)24(14-35(57)58)21(6-9-31(49)50)26(47-43)16-29(40)46-39;/h17,23,25,39H,6-16,18-20H2,1-5H3,(H9,45,48,49,50,51,52,53,54,55,56,57,58,59,60,61,62,63,64);/p-1/t23-,25+,39-,40-,41+,42+,43+,44+;/m1./s1. The normalized spacial score (nSPS) is 32.1. The fourth-order valence-electron chi connectivity index (χ4n) is 11.1. The maximum atomic E-state index is 13.0. The SMILES string of the molecule is C[C@@]1(CC(=O)O)C2=NC(=C1CCC(=O)O)C[C@]1(C)N=C(CC3=N[C@H]([C@H](CC(=O)O)[C@@]3(C)CCC(=O)O)[C@]3(C)[N-]/C(=C\2)[C@@H](CCC(=O)O)[C@]3(C)CC(=O)O)C(CCC(=O)O)=C1CC(=O)O.[Co]. The van der Waals surface area contributed by atoms with E-state index in [0.29, 0.717) is 0 Å². The molecule has 0 spiro atoms. The van der Waals surface area contributed by atoms with Crippen molar-refractivity contribution in [2.45, 2.75) is 142 Å². The van der Waals surface area contributed by atoms with Crippen LogP contribution in [0.3, 0.4) is 0 Å². The van der Waals surface area contributed by atoms with Crippen LogP contribution in [-0.2, 0) is 55.1 Å². The van der Waals surface area contributed by atoms with Gasteiger partial charge in [0, 0.05) is 101 Å². The topological polar surface area (TPSA) is 350 Å². The average Bonchev–Trinajstić information content (AvgIpc) is 3.72. The molecule has 8 N–H and O–H groups in total. The molecule has 5 heterocycles. The molecule has 1 radical (unpaired) electrons. The summed E-state index contributed by atoms with van der Waals surface area (Å²) < 4.78 is 0. The van der Waals surface area contributed by atoms with Crippen LogP contribution in [0, 0.1) is 28.1 Å². The van der Waals surface area contributed by atoms with Gasteiger partial charge in [-0.3, -0.25) is 53.3 Å². The van der Waals surface area contributed by atoms with Gasteiger partial charge in [-0.1, -0.05) is 32.4 Å². The van der Waals surface area contributed by atoms with Crippen molar-refractivity contribution in [2.24, 2.45) is 43.1 Å². The fraction of sp³-hybridized carbons (Fsp3) is 0.614. The second kappa shape index (κ2) is 19.0. The van der Waals surface area contributed by atoms with Gasteiger partial charge in [0.15, 0.2) is 0 Å². The summed E-state index contributed by atoms with van der Waals surface area (Å²) >= 11 is 0. The molecule has 5 aliphatic rings. The van der Waals surface area contributed by atoms with Gasteiger partial charge in [0.2, 0.25) is 0 Å². The predicted molar refractivity (Wildman–Crippen MR) is 225 cm³/mol.